The second kappa shape index (κ2) is 7.90. The van der Waals surface area contributed by atoms with E-state index in [0.717, 1.165) is 16.5 Å². The van der Waals surface area contributed by atoms with Crippen molar-refractivity contribution in [1.82, 2.24) is 0 Å². The number of carbonyl (C=O) groups excluding carboxylic acids is 1. The molecule has 0 saturated heterocycles. The normalized spacial score (nSPS) is 14.8. The Kier molecular flexibility index (Phi) is 4.92. The number of para-hydroxylation sites is 1. The van der Waals surface area contributed by atoms with Gasteiger partial charge in [-0.25, -0.2) is 0 Å². The highest BCUT2D eigenvalue weighted by molar-refractivity contribution is 7.90. The largest absolute Gasteiger partial charge is 0.352 e. The molecular weight excluding hydrogens is 420 g/mol. The van der Waals surface area contributed by atoms with Crippen LogP contribution in [0.25, 0.3) is 10.8 Å². The van der Waals surface area contributed by atoms with Crippen LogP contribution in [0.2, 0.25) is 0 Å². The van der Waals surface area contributed by atoms with E-state index in [1.165, 1.54) is 6.08 Å². The molecule has 0 atom stereocenters. The molecule has 4 aromatic rings. The summed E-state index contributed by atoms with van der Waals surface area (Å²) in [5, 5.41) is 4.85. The van der Waals surface area contributed by atoms with Crippen molar-refractivity contribution in [2.24, 2.45) is 4.40 Å². The molecule has 156 valence electrons. The summed E-state index contributed by atoms with van der Waals surface area (Å²) in [5.74, 6) is -0.216. The molecule has 32 heavy (non-hydrogen) atoms. The van der Waals surface area contributed by atoms with Crippen LogP contribution in [0.3, 0.4) is 0 Å². The molecule has 0 amide bonds. The molecule has 4 aromatic carbocycles. The molecule has 0 radical (unpaired) electrons. The summed E-state index contributed by atoms with van der Waals surface area (Å²) < 4.78 is 30.5. The second-order valence-corrected chi connectivity index (χ2v) is 8.99. The molecule has 0 bridgehead atoms. The van der Waals surface area contributed by atoms with Gasteiger partial charge in [-0.2, -0.15) is 12.8 Å². The molecule has 0 heterocycles. The molecule has 0 unspecified atom stereocenters. The fourth-order valence-corrected chi connectivity index (χ4v) is 4.72. The average Bonchev–Trinajstić information content (AvgIpc) is 2.82. The molecule has 0 fully saturated rings. The minimum absolute atomic E-state index is 0.101. The van der Waals surface area contributed by atoms with Crippen LogP contribution in [-0.4, -0.2) is 19.9 Å². The van der Waals surface area contributed by atoms with Gasteiger partial charge in [-0.05, 0) is 41.1 Å². The number of rotatable bonds is 4. The zero-order valence-corrected chi connectivity index (χ0v) is 17.7. The van der Waals surface area contributed by atoms with Gasteiger partial charge in [-0.15, -0.1) is 0 Å². The Morgan fingerprint density at radius 3 is 2.12 bits per heavy atom. The van der Waals surface area contributed by atoms with E-state index < -0.39 is 10.0 Å². The van der Waals surface area contributed by atoms with Crippen LogP contribution in [-0.2, 0) is 10.0 Å². The number of carbonyl (C=O) groups is 1. The second-order valence-electron chi connectivity index (χ2n) is 7.38. The van der Waals surface area contributed by atoms with Crippen molar-refractivity contribution in [3.05, 3.63) is 120 Å². The monoisotopic (exact) mass is 438 g/mol. The first kappa shape index (κ1) is 19.9. The third-order valence-electron chi connectivity index (χ3n) is 5.26. The van der Waals surface area contributed by atoms with E-state index >= 15 is 0 Å². The van der Waals surface area contributed by atoms with E-state index in [4.69, 9.17) is 0 Å². The summed E-state index contributed by atoms with van der Waals surface area (Å²) in [6, 6.07) is 28.6. The van der Waals surface area contributed by atoms with Gasteiger partial charge < -0.3 is 5.32 Å². The first-order valence-electron chi connectivity index (χ1n) is 10.0. The summed E-state index contributed by atoms with van der Waals surface area (Å²) >= 11 is 0. The van der Waals surface area contributed by atoms with Crippen LogP contribution >= 0.6 is 0 Å². The topological polar surface area (TPSA) is 75.6 Å². The molecule has 1 N–H and O–H groups in total. The van der Waals surface area contributed by atoms with Gasteiger partial charge in [-0.3, -0.25) is 4.79 Å². The average molecular weight is 439 g/mol. The van der Waals surface area contributed by atoms with Gasteiger partial charge in [-0.1, -0.05) is 72.8 Å². The molecule has 0 aliphatic heterocycles. The number of nitrogens with one attached hydrogen (secondary N) is 1. The fraction of sp³-hybridized carbons (Fsp3) is 0. The Balaban J connectivity index is 1.62. The Hall–Kier alpha value is -4.03. The fourth-order valence-electron chi connectivity index (χ4n) is 3.68. The van der Waals surface area contributed by atoms with E-state index in [-0.39, 0.29) is 22.1 Å². The zero-order valence-electron chi connectivity index (χ0n) is 16.9. The third kappa shape index (κ3) is 3.72. The van der Waals surface area contributed by atoms with E-state index in [1.807, 2.05) is 54.6 Å². The lowest BCUT2D eigenvalue weighted by atomic mass is 9.92. The van der Waals surface area contributed by atoms with Gasteiger partial charge in [0.15, 0.2) is 0 Å². The van der Waals surface area contributed by atoms with E-state index in [9.17, 15) is 13.2 Å². The summed E-state index contributed by atoms with van der Waals surface area (Å²) in [4.78, 5) is 13.1. The maximum absolute atomic E-state index is 13.2. The molecule has 6 heteroatoms. The summed E-state index contributed by atoms with van der Waals surface area (Å²) in [5.41, 5.74) is 2.10. The quantitative estimate of drug-likeness (QED) is 0.475. The van der Waals surface area contributed by atoms with Crippen LogP contribution < -0.4 is 5.32 Å². The van der Waals surface area contributed by atoms with Crippen LogP contribution in [0.1, 0.15) is 15.9 Å². The lowest BCUT2D eigenvalue weighted by Crippen LogP contribution is -2.22. The number of hydrogen-bond donors (Lipinski definition) is 1. The van der Waals surface area contributed by atoms with E-state index in [0.29, 0.717) is 11.1 Å². The Bertz CT molecular complexity index is 1520. The van der Waals surface area contributed by atoms with Crippen LogP contribution in [0.5, 0.6) is 0 Å². The minimum atomic E-state index is -4.00. The molecular formula is C26H18N2O3S. The number of fused-ring (bicyclic) bond motifs is 2. The van der Waals surface area contributed by atoms with Gasteiger partial charge in [0.25, 0.3) is 10.0 Å². The molecule has 5 nitrogen and oxygen atoms in total. The number of ketones is 1. The lowest BCUT2D eigenvalue weighted by Gasteiger charge is -2.18. The predicted octanol–water partition coefficient (Wildman–Crippen LogP) is 5.21. The Morgan fingerprint density at radius 1 is 0.688 bits per heavy atom. The summed E-state index contributed by atoms with van der Waals surface area (Å²) in [7, 11) is -4.00. The van der Waals surface area contributed by atoms with Crippen molar-refractivity contribution in [2.75, 3.05) is 5.32 Å². The summed E-state index contributed by atoms with van der Waals surface area (Å²) in [6.45, 7) is 0. The number of anilines is 1. The highest BCUT2D eigenvalue weighted by Crippen LogP contribution is 2.26. The van der Waals surface area contributed by atoms with Crippen LogP contribution in [0, 0.1) is 0 Å². The molecule has 0 aromatic heterocycles. The minimum Gasteiger partial charge on any atom is -0.352 e. The van der Waals surface area contributed by atoms with Crippen molar-refractivity contribution >= 4 is 38.0 Å². The predicted molar refractivity (Wildman–Crippen MR) is 127 cm³/mol. The lowest BCUT2D eigenvalue weighted by molar-refractivity contribution is 0.103. The highest BCUT2D eigenvalue weighted by Gasteiger charge is 2.26. The van der Waals surface area contributed by atoms with Crippen molar-refractivity contribution in [2.45, 2.75) is 4.90 Å². The van der Waals surface area contributed by atoms with Crippen LogP contribution in [0.4, 0.5) is 5.69 Å². The maximum Gasteiger partial charge on any atom is 0.282 e. The number of Topliss-reactive ketones (excluding diaryl/α,β-unsaturated/α-hetero) is 1. The molecule has 0 saturated carbocycles. The van der Waals surface area contributed by atoms with Gasteiger partial charge in [0, 0.05) is 16.8 Å². The molecule has 1 aliphatic carbocycles. The molecule has 5 rings (SSSR count). The number of sulfonamides is 1. The zero-order chi connectivity index (χ0) is 22.1. The number of benzene rings is 4. The van der Waals surface area contributed by atoms with Crippen molar-refractivity contribution < 1.29 is 13.2 Å². The number of nitrogens with zero attached hydrogens (tertiary/aromatic N) is 1. The van der Waals surface area contributed by atoms with E-state index in [1.54, 1.807) is 42.5 Å². The van der Waals surface area contributed by atoms with Crippen molar-refractivity contribution in [3.8, 4) is 0 Å². The molecule has 1 aliphatic rings. The highest BCUT2D eigenvalue weighted by atomic mass is 32.2. The van der Waals surface area contributed by atoms with Gasteiger partial charge in [0.05, 0.1) is 16.3 Å². The molecule has 0 spiro atoms. The van der Waals surface area contributed by atoms with Gasteiger partial charge >= 0.3 is 0 Å². The standard InChI is InChI=1S/C26H18N2O3S/c29-26-23-13-7-6-12-22(23)24(17-25(26)27-20-10-2-1-3-11-20)28-32(30,31)21-15-14-18-8-4-5-9-19(18)16-21/h1-17,27H/b28-24-. The first-order valence-corrected chi connectivity index (χ1v) is 11.5. The van der Waals surface area contributed by atoms with Crippen molar-refractivity contribution in [1.29, 1.82) is 0 Å². The first-order chi connectivity index (χ1) is 15.5. The summed E-state index contributed by atoms with van der Waals surface area (Å²) in [6.07, 6.45) is 1.50. The van der Waals surface area contributed by atoms with E-state index in [2.05, 4.69) is 9.71 Å². The van der Waals surface area contributed by atoms with Crippen LogP contribution in [0.15, 0.2) is 118 Å². The van der Waals surface area contributed by atoms with Gasteiger partial charge in [0.2, 0.25) is 5.78 Å². The number of allylic oxidation sites excluding steroid dienone is 2. The Labute approximate surface area is 185 Å². The third-order valence-corrected chi connectivity index (χ3v) is 6.55. The Morgan fingerprint density at radius 2 is 1.34 bits per heavy atom. The smallest absolute Gasteiger partial charge is 0.282 e. The number of hydrogen-bond acceptors (Lipinski definition) is 4. The SMILES string of the molecule is O=C1C(Nc2ccccc2)=C/C(=N/S(=O)(=O)c2ccc3ccccc3c2)c2ccccc21. The van der Waals surface area contributed by atoms with Crippen molar-refractivity contribution in [3.63, 3.8) is 0 Å². The van der Waals surface area contributed by atoms with Gasteiger partial charge in [0.1, 0.15) is 0 Å². The maximum atomic E-state index is 13.2.